The normalized spacial score (nSPS) is 12.6. The lowest BCUT2D eigenvalue weighted by molar-refractivity contribution is 0.0929. The number of benzene rings is 1. The van der Waals surface area contributed by atoms with Crippen molar-refractivity contribution >= 4 is 33.0 Å². The lowest BCUT2D eigenvalue weighted by Crippen LogP contribution is -2.37. The number of methoxy groups -OCH3 is 1. The van der Waals surface area contributed by atoms with Crippen molar-refractivity contribution in [2.75, 3.05) is 12.8 Å². The van der Waals surface area contributed by atoms with Crippen molar-refractivity contribution in [3.05, 3.63) is 23.1 Å². The first kappa shape index (κ1) is 15.6. The van der Waals surface area contributed by atoms with Crippen molar-refractivity contribution in [3.8, 4) is 5.75 Å². The van der Waals surface area contributed by atoms with Crippen molar-refractivity contribution in [2.24, 2.45) is 5.92 Å². The van der Waals surface area contributed by atoms with E-state index in [1.807, 2.05) is 18.2 Å². The Hall–Kier alpha value is -1.75. The van der Waals surface area contributed by atoms with Gasteiger partial charge in [0, 0.05) is 10.7 Å². The van der Waals surface area contributed by atoms with Crippen molar-refractivity contribution in [3.63, 3.8) is 0 Å². The molecule has 1 atom stereocenters. The Labute approximate surface area is 129 Å². The SMILES string of the molecule is CCC(NC(=O)c1sc2cccc(OC)c2c1N)C(C)C. The lowest BCUT2D eigenvalue weighted by atomic mass is 10.0. The van der Waals surface area contributed by atoms with Crippen LogP contribution in [0.15, 0.2) is 18.2 Å². The lowest BCUT2D eigenvalue weighted by Gasteiger charge is -2.20. The zero-order valence-electron chi connectivity index (χ0n) is 12.9. The number of thiophene rings is 1. The van der Waals surface area contributed by atoms with E-state index >= 15 is 0 Å². The van der Waals surface area contributed by atoms with Crippen LogP contribution in [0.3, 0.4) is 0 Å². The Balaban J connectivity index is 2.38. The van der Waals surface area contributed by atoms with Gasteiger partial charge in [-0.25, -0.2) is 0 Å². The van der Waals surface area contributed by atoms with E-state index in [2.05, 4.69) is 26.1 Å². The van der Waals surface area contributed by atoms with Crippen LogP contribution in [0.1, 0.15) is 36.9 Å². The zero-order valence-corrected chi connectivity index (χ0v) is 13.7. The molecule has 5 heteroatoms. The van der Waals surface area contributed by atoms with Crippen LogP contribution in [-0.2, 0) is 0 Å². The van der Waals surface area contributed by atoms with Crippen molar-refractivity contribution < 1.29 is 9.53 Å². The third-order valence-electron chi connectivity index (χ3n) is 3.70. The van der Waals surface area contributed by atoms with Gasteiger partial charge in [-0.1, -0.05) is 26.8 Å². The number of rotatable bonds is 5. The Morgan fingerprint density at radius 3 is 2.71 bits per heavy atom. The van der Waals surface area contributed by atoms with Gasteiger partial charge in [-0.3, -0.25) is 4.79 Å². The first-order valence-electron chi connectivity index (χ1n) is 7.15. The number of fused-ring (bicyclic) bond motifs is 1. The molecule has 2 aromatic rings. The zero-order chi connectivity index (χ0) is 15.6. The number of nitrogen functional groups attached to an aromatic ring is 1. The number of nitrogens with two attached hydrogens (primary N) is 1. The van der Waals surface area contributed by atoms with Crippen LogP contribution >= 0.6 is 11.3 Å². The highest BCUT2D eigenvalue weighted by Crippen LogP contribution is 2.39. The number of hydrogen-bond acceptors (Lipinski definition) is 4. The number of anilines is 1. The van der Waals surface area contributed by atoms with E-state index in [-0.39, 0.29) is 11.9 Å². The Morgan fingerprint density at radius 1 is 1.43 bits per heavy atom. The maximum Gasteiger partial charge on any atom is 0.263 e. The Morgan fingerprint density at radius 2 is 2.14 bits per heavy atom. The maximum absolute atomic E-state index is 12.5. The van der Waals surface area contributed by atoms with Gasteiger partial charge in [0.05, 0.1) is 18.2 Å². The Kier molecular flexibility index (Phi) is 4.73. The molecule has 4 nitrogen and oxygen atoms in total. The fourth-order valence-electron chi connectivity index (χ4n) is 2.45. The average Bonchev–Trinajstić information content (AvgIpc) is 2.81. The molecule has 1 aromatic heterocycles. The predicted molar refractivity (Wildman–Crippen MR) is 89.2 cm³/mol. The van der Waals surface area contributed by atoms with Crippen molar-refractivity contribution in [2.45, 2.75) is 33.2 Å². The number of hydrogen-bond donors (Lipinski definition) is 2. The summed E-state index contributed by atoms with van der Waals surface area (Å²) in [7, 11) is 1.61. The molecule has 0 aliphatic heterocycles. The standard InChI is InChI=1S/C16H22N2O2S/c1-5-10(9(2)3)18-16(19)15-14(17)13-11(20-4)7-6-8-12(13)21-15/h6-10H,5,17H2,1-4H3,(H,18,19). The summed E-state index contributed by atoms with van der Waals surface area (Å²) in [4.78, 5) is 13.1. The van der Waals surface area contributed by atoms with Gasteiger partial charge in [0.1, 0.15) is 10.6 Å². The summed E-state index contributed by atoms with van der Waals surface area (Å²) >= 11 is 1.41. The number of amides is 1. The second kappa shape index (κ2) is 6.35. The van der Waals surface area contributed by atoms with Gasteiger partial charge in [-0.2, -0.15) is 0 Å². The molecule has 0 aliphatic carbocycles. The van der Waals surface area contributed by atoms with Crippen molar-refractivity contribution in [1.82, 2.24) is 5.32 Å². The van der Waals surface area contributed by atoms with Crippen LogP contribution in [0.2, 0.25) is 0 Å². The summed E-state index contributed by atoms with van der Waals surface area (Å²) in [5.74, 6) is 0.997. The fraction of sp³-hybridized carbons (Fsp3) is 0.438. The third kappa shape index (κ3) is 2.97. The molecule has 1 aromatic carbocycles. The van der Waals surface area contributed by atoms with Crippen LogP contribution in [0.5, 0.6) is 5.75 Å². The van der Waals surface area contributed by atoms with E-state index in [0.29, 0.717) is 22.2 Å². The number of carbonyl (C=O) groups excluding carboxylic acids is 1. The second-order valence-electron chi connectivity index (χ2n) is 5.41. The first-order valence-corrected chi connectivity index (χ1v) is 7.97. The molecule has 0 spiro atoms. The molecule has 3 N–H and O–H groups in total. The van der Waals surface area contributed by atoms with Gasteiger partial charge in [-0.05, 0) is 24.5 Å². The number of ether oxygens (including phenoxy) is 1. The highest BCUT2D eigenvalue weighted by molar-refractivity contribution is 7.21. The summed E-state index contributed by atoms with van der Waals surface area (Å²) in [6.07, 6.45) is 0.900. The number of nitrogens with one attached hydrogen (secondary N) is 1. The van der Waals surface area contributed by atoms with Gasteiger partial charge in [0.15, 0.2) is 0 Å². The van der Waals surface area contributed by atoms with E-state index in [4.69, 9.17) is 10.5 Å². The highest BCUT2D eigenvalue weighted by Gasteiger charge is 2.21. The van der Waals surface area contributed by atoms with E-state index in [9.17, 15) is 4.79 Å². The molecule has 0 radical (unpaired) electrons. The van der Waals surface area contributed by atoms with Crippen LogP contribution < -0.4 is 15.8 Å². The topological polar surface area (TPSA) is 64.3 Å². The molecule has 1 heterocycles. The molecule has 21 heavy (non-hydrogen) atoms. The molecule has 0 bridgehead atoms. The van der Waals surface area contributed by atoms with Gasteiger partial charge in [-0.15, -0.1) is 11.3 Å². The third-order valence-corrected chi connectivity index (χ3v) is 4.87. The molecule has 0 fully saturated rings. The highest BCUT2D eigenvalue weighted by atomic mass is 32.1. The van der Waals surface area contributed by atoms with Crippen molar-refractivity contribution in [1.29, 1.82) is 0 Å². The van der Waals surface area contributed by atoms with Crippen LogP contribution in [-0.4, -0.2) is 19.1 Å². The van der Waals surface area contributed by atoms with E-state index in [1.165, 1.54) is 11.3 Å². The molecule has 0 aliphatic rings. The monoisotopic (exact) mass is 306 g/mol. The summed E-state index contributed by atoms with van der Waals surface area (Å²) in [6, 6.07) is 5.87. The molecular weight excluding hydrogens is 284 g/mol. The van der Waals surface area contributed by atoms with Gasteiger partial charge < -0.3 is 15.8 Å². The molecule has 1 amide bonds. The maximum atomic E-state index is 12.5. The van der Waals surface area contributed by atoms with E-state index in [0.717, 1.165) is 16.5 Å². The molecule has 114 valence electrons. The predicted octanol–water partition coefficient (Wildman–Crippen LogP) is 3.66. The van der Waals surface area contributed by atoms with Crippen LogP contribution in [0.25, 0.3) is 10.1 Å². The minimum absolute atomic E-state index is 0.101. The molecule has 0 saturated heterocycles. The van der Waals surface area contributed by atoms with Gasteiger partial charge >= 0.3 is 0 Å². The minimum atomic E-state index is -0.101. The smallest absolute Gasteiger partial charge is 0.263 e. The second-order valence-corrected chi connectivity index (χ2v) is 6.46. The molecule has 1 unspecified atom stereocenters. The largest absolute Gasteiger partial charge is 0.496 e. The van der Waals surface area contributed by atoms with Crippen LogP contribution in [0, 0.1) is 5.92 Å². The average molecular weight is 306 g/mol. The molecule has 2 rings (SSSR count). The van der Waals surface area contributed by atoms with E-state index in [1.54, 1.807) is 7.11 Å². The molecular formula is C16H22N2O2S. The summed E-state index contributed by atoms with van der Waals surface area (Å²) in [5, 5.41) is 3.90. The summed E-state index contributed by atoms with van der Waals surface area (Å²) in [6.45, 7) is 6.28. The fourth-order valence-corrected chi connectivity index (χ4v) is 3.50. The summed E-state index contributed by atoms with van der Waals surface area (Å²) < 4.78 is 6.30. The minimum Gasteiger partial charge on any atom is -0.496 e. The van der Waals surface area contributed by atoms with Gasteiger partial charge in [0.25, 0.3) is 5.91 Å². The Bertz CT molecular complexity index is 649. The molecule has 0 saturated carbocycles. The number of carbonyl (C=O) groups is 1. The van der Waals surface area contributed by atoms with E-state index < -0.39 is 0 Å². The van der Waals surface area contributed by atoms with Gasteiger partial charge in [0.2, 0.25) is 0 Å². The summed E-state index contributed by atoms with van der Waals surface area (Å²) in [5.41, 5.74) is 6.68. The first-order chi connectivity index (χ1) is 9.99. The quantitative estimate of drug-likeness (QED) is 0.886. The van der Waals surface area contributed by atoms with Crippen LogP contribution in [0.4, 0.5) is 5.69 Å².